The van der Waals surface area contributed by atoms with Gasteiger partial charge in [-0.3, -0.25) is 4.79 Å². The second-order valence-corrected chi connectivity index (χ2v) is 5.82. The lowest BCUT2D eigenvalue weighted by Gasteiger charge is -2.21. The molecule has 0 atom stereocenters. The number of para-hydroxylation sites is 1. The average Bonchev–Trinajstić information content (AvgIpc) is 3.24. The van der Waals surface area contributed by atoms with Crippen LogP contribution in [-0.4, -0.2) is 36.5 Å². The third kappa shape index (κ3) is 3.73. The molecule has 5 heteroatoms. The van der Waals surface area contributed by atoms with Crippen molar-refractivity contribution in [1.29, 1.82) is 0 Å². The van der Waals surface area contributed by atoms with Crippen molar-refractivity contribution in [2.24, 2.45) is 5.73 Å². The second kappa shape index (κ2) is 7.09. The third-order valence-corrected chi connectivity index (χ3v) is 4.08. The molecule has 0 saturated heterocycles. The van der Waals surface area contributed by atoms with Gasteiger partial charge in [0, 0.05) is 12.6 Å². The number of halogens is 1. The molecular weight excluding hydrogens is 320 g/mol. The summed E-state index contributed by atoms with van der Waals surface area (Å²) in [5, 5.41) is 0. The van der Waals surface area contributed by atoms with E-state index in [2.05, 4.69) is 15.9 Å². The summed E-state index contributed by atoms with van der Waals surface area (Å²) in [4.78, 5) is 14.1. The SMILES string of the molecule is CCN(C(=O)COc1c(Br)cccc1CCN)C1CC1. The molecular formula is C15H21BrN2O2. The molecule has 4 nitrogen and oxygen atoms in total. The first kappa shape index (κ1) is 15.3. The van der Waals surface area contributed by atoms with Gasteiger partial charge in [0.05, 0.1) is 4.47 Å². The average molecular weight is 341 g/mol. The molecule has 1 amide bonds. The summed E-state index contributed by atoms with van der Waals surface area (Å²) in [6.45, 7) is 3.40. The van der Waals surface area contributed by atoms with Crippen LogP contribution < -0.4 is 10.5 Å². The summed E-state index contributed by atoms with van der Waals surface area (Å²) in [5.41, 5.74) is 6.64. The van der Waals surface area contributed by atoms with E-state index in [1.807, 2.05) is 30.0 Å². The highest BCUT2D eigenvalue weighted by molar-refractivity contribution is 9.10. The van der Waals surface area contributed by atoms with Crippen molar-refractivity contribution >= 4 is 21.8 Å². The molecule has 0 heterocycles. The van der Waals surface area contributed by atoms with Gasteiger partial charge in [0.2, 0.25) is 0 Å². The summed E-state index contributed by atoms with van der Waals surface area (Å²) < 4.78 is 6.62. The van der Waals surface area contributed by atoms with E-state index in [4.69, 9.17) is 10.5 Å². The molecule has 110 valence electrons. The van der Waals surface area contributed by atoms with Crippen LogP contribution in [0.1, 0.15) is 25.3 Å². The highest BCUT2D eigenvalue weighted by Gasteiger charge is 2.31. The number of likely N-dealkylation sites (N-methyl/N-ethyl adjacent to an activating group) is 1. The fourth-order valence-corrected chi connectivity index (χ4v) is 2.83. The molecule has 1 aliphatic carbocycles. The fourth-order valence-electron chi connectivity index (χ4n) is 2.31. The van der Waals surface area contributed by atoms with E-state index in [9.17, 15) is 4.79 Å². The number of amides is 1. The Labute approximate surface area is 128 Å². The Morgan fingerprint density at radius 1 is 1.50 bits per heavy atom. The smallest absolute Gasteiger partial charge is 0.260 e. The molecule has 1 aliphatic rings. The first-order valence-corrected chi connectivity index (χ1v) is 7.86. The largest absolute Gasteiger partial charge is 0.482 e. The van der Waals surface area contributed by atoms with Crippen LogP contribution in [0.3, 0.4) is 0 Å². The van der Waals surface area contributed by atoms with Gasteiger partial charge in [-0.1, -0.05) is 12.1 Å². The van der Waals surface area contributed by atoms with Crippen LogP contribution in [0.2, 0.25) is 0 Å². The van der Waals surface area contributed by atoms with Gasteiger partial charge < -0.3 is 15.4 Å². The van der Waals surface area contributed by atoms with Crippen LogP contribution in [0, 0.1) is 0 Å². The van der Waals surface area contributed by atoms with Gasteiger partial charge in [-0.05, 0) is 60.3 Å². The Hall–Kier alpha value is -1.07. The molecule has 0 aliphatic heterocycles. The normalized spacial score (nSPS) is 14.2. The van der Waals surface area contributed by atoms with E-state index in [1.54, 1.807) is 0 Å². The number of ether oxygens (including phenoxy) is 1. The van der Waals surface area contributed by atoms with Gasteiger partial charge in [0.15, 0.2) is 6.61 Å². The predicted molar refractivity (Wildman–Crippen MR) is 82.8 cm³/mol. The number of hydrogen-bond acceptors (Lipinski definition) is 3. The topological polar surface area (TPSA) is 55.6 Å². The number of hydrogen-bond donors (Lipinski definition) is 1. The monoisotopic (exact) mass is 340 g/mol. The number of nitrogens with two attached hydrogens (primary N) is 1. The fraction of sp³-hybridized carbons (Fsp3) is 0.533. The zero-order valence-corrected chi connectivity index (χ0v) is 13.4. The van der Waals surface area contributed by atoms with Crippen LogP contribution in [-0.2, 0) is 11.2 Å². The molecule has 2 N–H and O–H groups in total. The number of benzene rings is 1. The molecule has 20 heavy (non-hydrogen) atoms. The maximum Gasteiger partial charge on any atom is 0.260 e. The molecule has 2 rings (SSSR count). The van der Waals surface area contributed by atoms with Gasteiger partial charge in [-0.2, -0.15) is 0 Å². The second-order valence-electron chi connectivity index (χ2n) is 4.97. The number of nitrogens with zero attached hydrogens (tertiary/aromatic N) is 1. The van der Waals surface area contributed by atoms with E-state index in [1.165, 1.54) is 0 Å². The van der Waals surface area contributed by atoms with Crippen LogP contribution in [0.4, 0.5) is 0 Å². The number of carbonyl (C=O) groups is 1. The summed E-state index contributed by atoms with van der Waals surface area (Å²) >= 11 is 3.47. The van der Waals surface area contributed by atoms with E-state index in [0.717, 1.165) is 41.6 Å². The lowest BCUT2D eigenvalue weighted by molar-refractivity contribution is -0.133. The third-order valence-electron chi connectivity index (χ3n) is 3.45. The molecule has 1 aromatic rings. The number of rotatable bonds is 7. The van der Waals surface area contributed by atoms with Crippen LogP contribution in [0.5, 0.6) is 5.75 Å². The summed E-state index contributed by atoms with van der Waals surface area (Å²) in [5.74, 6) is 0.794. The molecule has 0 radical (unpaired) electrons. The van der Waals surface area contributed by atoms with E-state index >= 15 is 0 Å². The van der Waals surface area contributed by atoms with E-state index < -0.39 is 0 Å². The highest BCUT2D eigenvalue weighted by atomic mass is 79.9. The summed E-state index contributed by atoms with van der Waals surface area (Å²) in [7, 11) is 0. The molecule has 1 saturated carbocycles. The minimum Gasteiger partial charge on any atom is -0.482 e. The zero-order valence-electron chi connectivity index (χ0n) is 11.8. The Bertz CT molecular complexity index is 475. The van der Waals surface area contributed by atoms with Crippen molar-refractivity contribution in [3.8, 4) is 5.75 Å². The first-order chi connectivity index (χ1) is 9.67. The van der Waals surface area contributed by atoms with E-state index in [0.29, 0.717) is 12.6 Å². The van der Waals surface area contributed by atoms with Crippen molar-refractivity contribution in [3.63, 3.8) is 0 Å². The van der Waals surface area contributed by atoms with Crippen LogP contribution in [0.15, 0.2) is 22.7 Å². The van der Waals surface area contributed by atoms with Gasteiger partial charge in [0.1, 0.15) is 5.75 Å². The van der Waals surface area contributed by atoms with Crippen LogP contribution in [0.25, 0.3) is 0 Å². The van der Waals surface area contributed by atoms with Gasteiger partial charge in [-0.15, -0.1) is 0 Å². The van der Waals surface area contributed by atoms with Crippen molar-refractivity contribution < 1.29 is 9.53 Å². The Morgan fingerprint density at radius 2 is 2.25 bits per heavy atom. The van der Waals surface area contributed by atoms with Crippen molar-refractivity contribution in [2.75, 3.05) is 19.7 Å². The van der Waals surface area contributed by atoms with Crippen molar-refractivity contribution in [1.82, 2.24) is 4.90 Å². The maximum absolute atomic E-state index is 12.2. The van der Waals surface area contributed by atoms with Gasteiger partial charge >= 0.3 is 0 Å². The lowest BCUT2D eigenvalue weighted by Crippen LogP contribution is -2.36. The highest BCUT2D eigenvalue weighted by Crippen LogP contribution is 2.30. The first-order valence-electron chi connectivity index (χ1n) is 7.07. The standard InChI is InChI=1S/C15H21BrN2O2/c1-2-18(12-6-7-12)14(19)10-20-15-11(8-9-17)4-3-5-13(15)16/h3-5,12H,2,6-10,17H2,1H3. The minimum absolute atomic E-state index is 0.0597. The Kier molecular flexibility index (Phi) is 5.43. The van der Waals surface area contributed by atoms with Gasteiger partial charge in [-0.25, -0.2) is 0 Å². The van der Waals surface area contributed by atoms with Crippen molar-refractivity contribution in [3.05, 3.63) is 28.2 Å². The molecule has 1 fully saturated rings. The Balaban J connectivity index is 2.00. The minimum atomic E-state index is 0.0597. The van der Waals surface area contributed by atoms with Crippen LogP contribution >= 0.6 is 15.9 Å². The van der Waals surface area contributed by atoms with Gasteiger partial charge in [0.25, 0.3) is 5.91 Å². The molecule has 0 bridgehead atoms. The molecule has 0 spiro atoms. The molecule has 0 unspecified atom stereocenters. The quantitative estimate of drug-likeness (QED) is 0.828. The lowest BCUT2D eigenvalue weighted by atomic mass is 10.1. The predicted octanol–water partition coefficient (Wildman–Crippen LogP) is 2.34. The number of carbonyl (C=O) groups excluding carboxylic acids is 1. The molecule has 0 aromatic heterocycles. The summed E-state index contributed by atoms with van der Waals surface area (Å²) in [6.07, 6.45) is 2.98. The Morgan fingerprint density at radius 3 is 2.85 bits per heavy atom. The van der Waals surface area contributed by atoms with E-state index in [-0.39, 0.29) is 12.5 Å². The molecule has 1 aromatic carbocycles. The van der Waals surface area contributed by atoms with Crippen molar-refractivity contribution in [2.45, 2.75) is 32.2 Å². The zero-order chi connectivity index (χ0) is 14.5. The maximum atomic E-state index is 12.2. The summed E-state index contributed by atoms with van der Waals surface area (Å²) in [6, 6.07) is 6.28.